The molecule has 0 bridgehead atoms. The molecule has 5 nitrogen and oxygen atoms in total. The molecule has 0 spiro atoms. The molecule has 0 unspecified atom stereocenters. The van der Waals surface area contributed by atoms with Gasteiger partial charge in [0.1, 0.15) is 11.4 Å². The zero-order valence-electron chi connectivity index (χ0n) is 16.6. The number of hydrogen-bond acceptors (Lipinski definition) is 5. The van der Waals surface area contributed by atoms with E-state index in [-0.39, 0.29) is 6.04 Å². The SMILES string of the molecule is COc1ccc(-c2cc([C@@H]3CCCCCN3Cc3cccc(C)n3)on2)cc1. The maximum Gasteiger partial charge on any atom is 0.154 e. The standard InChI is InChI=1S/C23H27N3O2/c1-17-7-6-8-19(24-17)16-26-14-5-3-4-9-22(26)23-15-21(25-28-23)18-10-12-20(27-2)13-11-18/h6-8,10-13,15,22H,3-5,9,14,16H2,1-2H3/t22-/m0/s1. The largest absolute Gasteiger partial charge is 0.497 e. The van der Waals surface area contributed by atoms with Crippen LogP contribution in [-0.4, -0.2) is 28.7 Å². The lowest BCUT2D eigenvalue weighted by molar-refractivity contribution is 0.158. The van der Waals surface area contributed by atoms with Crippen LogP contribution in [0.15, 0.2) is 53.1 Å². The number of aromatic nitrogens is 2. The number of pyridine rings is 1. The summed E-state index contributed by atoms with van der Waals surface area (Å²) in [6.45, 7) is 3.94. The highest BCUT2D eigenvalue weighted by Crippen LogP contribution is 2.33. The Kier molecular flexibility index (Phi) is 5.72. The van der Waals surface area contributed by atoms with Crippen molar-refractivity contribution in [1.29, 1.82) is 0 Å². The summed E-state index contributed by atoms with van der Waals surface area (Å²) in [6, 6.07) is 16.5. The van der Waals surface area contributed by atoms with Gasteiger partial charge in [-0.05, 0) is 62.7 Å². The Bertz CT molecular complexity index is 904. The van der Waals surface area contributed by atoms with Crippen LogP contribution in [-0.2, 0) is 6.54 Å². The van der Waals surface area contributed by atoms with E-state index in [0.717, 1.165) is 53.7 Å². The molecule has 4 rings (SSSR count). The van der Waals surface area contributed by atoms with Gasteiger partial charge >= 0.3 is 0 Å². The van der Waals surface area contributed by atoms with Gasteiger partial charge in [-0.1, -0.05) is 24.1 Å². The van der Waals surface area contributed by atoms with Crippen molar-refractivity contribution in [3.63, 3.8) is 0 Å². The quantitative estimate of drug-likeness (QED) is 0.614. The first-order valence-corrected chi connectivity index (χ1v) is 10.0. The van der Waals surface area contributed by atoms with Gasteiger partial charge < -0.3 is 9.26 Å². The van der Waals surface area contributed by atoms with E-state index in [4.69, 9.17) is 14.2 Å². The normalized spacial score (nSPS) is 18.0. The number of benzene rings is 1. The van der Waals surface area contributed by atoms with Gasteiger partial charge in [-0.15, -0.1) is 0 Å². The minimum absolute atomic E-state index is 0.240. The molecule has 0 amide bonds. The second-order valence-corrected chi connectivity index (χ2v) is 7.45. The Labute approximate surface area is 166 Å². The van der Waals surface area contributed by atoms with Crippen LogP contribution in [0.5, 0.6) is 5.75 Å². The third-order valence-electron chi connectivity index (χ3n) is 5.42. The Morgan fingerprint density at radius 1 is 1.11 bits per heavy atom. The van der Waals surface area contributed by atoms with Gasteiger partial charge in [0, 0.05) is 23.9 Å². The molecule has 0 N–H and O–H groups in total. The number of aryl methyl sites for hydroxylation is 1. The van der Waals surface area contributed by atoms with Crippen molar-refractivity contribution < 1.29 is 9.26 Å². The molecule has 2 aromatic heterocycles. The van der Waals surface area contributed by atoms with Crippen LogP contribution in [0, 0.1) is 6.92 Å². The van der Waals surface area contributed by atoms with E-state index in [0.29, 0.717) is 0 Å². The topological polar surface area (TPSA) is 51.4 Å². The highest BCUT2D eigenvalue weighted by Gasteiger charge is 2.26. The van der Waals surface area contributed by atoms with Gasteiger partial charge in [0.25, 0.3) is 0 Å². The highest BCUT2D eigenvalue weighted by molar-refractivity contribution is 5.60. The minimum Gasteiger partial charge on any atom is -0.497 e. The summed E-state index contributed by atoms with van der Waals surface area (Å²) in [6.07, 6.45) is 4.76. The molecule has 1 saturated heterocycles. The number of methoxy groups -OCH3 is 1. The molecule has 3 aromatic rings. The van der Waals surface area contributed by atoms with Crippen LogP contribution in [0.1, 0.15) is 48.9 Å². The fourth-order valence-corrected chi connectivity index (χ4v) is 3.92. The monoisotopic (exact) mass is 377 g/mol. The van der Waals surface area contributed by atoms with Crippen LogP contribution in [0.4, 0.5) is 0 Å². The van der Waals surface area contributed by atoms with E-state index in [1.165, 1.54) is 19.3 Å². The van der Waals surface area contributed by atoms with Crippen molar-refractivity contribution in [3.05, 3.63) is 65.7 Å². The zero-order valence-corrected chi connectivity index (χ0v) is 16.6. The summed E-state index contributed by atoms with van der Waals surface area (Å²) >= 11 is 0. The van der Waals surface area contributed by atoms with Crippen LogP contribution < -0.4 is 4.74 Å². The average Bonchev–Trinajstić information content (AvgIpc) is 3.09. The maximum absolute atomic E-state index is 5.82. The first-order chi connectivity index (χ1) is 13.7. The van der Waals surface area contributed by atoms with Crippen molar-refractivity contribution in [3.8, 4) is 17.0 Å². The van der Waals surface area contributed by atoms with E-state index < -0.39 is 0 Å². The fraction of sp³-hybridized carbons (Fsp3) is 0.391. The summed E-state index contributed by atoms with van der Waals surface area (Å²) in [5, 5.41) is 4.35. The number of hydrogen-bond donors (Lipinski definition) is 0. The molecular weight excluding hydrogens is 350 g/mol. The van der Waals surface area contributed by atoms with E-state index in [2.05, 4.69) is 28.3 Å². The summed E-state index contributed by atoms with van der Waals surface area (Å²) in [5.41, 5.74) is 4.08. The first-order valence-electron chi connectivity index (χ1n) is 10.0. The number of rotatable bonds is 5. The lowest BCUT2D eigenvalue weighted by Gasteiger charge is -2.27. The summed E-state index contributed by atoms with van der Waals surface area (Å²) < 4.78 is 11.1. The molecule has 1 aromatic carbocycles. The second kappa shape index (κ2) is 8.57. The van der Waals surface area contributed by atoms with Crippen LogP contribution >= 0.6 is 0 Å². The van der Waals surface area contributed by atoms with E-state index in [1.807, 2.05) is 37.3 Å². The number of nitrogens with zero attached hydrogens (tertiary/aromatic N) is 3. The molecule has 1 atom stereocenters. The number of likely N-dealkylation sites (tertiary alicyclic amines) is 1. The van der Waals surface area contributed by atoms with Crippen LogP contribution in [0.25, 0.3) is 11.3 Å². The second-order valence-electron chi connectivity index (χ2n) is 7.45. The molecule has 28 heavy (non-hydrogen) atoms. The molecule has 5 heteroatoms. The third-order valence-corrected chi connectivity index (χ3v) is 5.42. The lowest BCUT2D eigenvalue weighted by atomic mass is 10.1. The summed E-state index contributed by atoms with van der Waals surface area (Å²) in [5.74, 6) is 1.79. The van der Waals surface area contributed by atoms with Crippen molar-refractivity contribution in [1.82, 2.24) is 15.0 Å². The van der Waals surface area contributed by atoms with Crippen LogP contribution in [0.2, 0.25) is 0 Å². The van der Waals surface area contributed by atoms with Crippen molar-refractivity contribution in [2.45, 2.75) is 45.2 Å². The van der Waals surface area contributed by atoms with E-state index >= 15 is 0 Å². The van der Waals surface area contributed by atoms with Gasteiger partial charge in [-0.3, -0.25) is 9.88 Å². The predicted molar refractivity (Wildman–Crippen MR) is 109 cm³/mol. The molecular formula is C23H27N3O2. The van der Waals surface area contributed by atoms with E-state index in [1.54, 1.807) is 7.11 Å². The van der Waals surface area contributed by atoms with Gasteiger partial charge in [0.15, 0.2) is 5.76 Å². The van der Waals surface area contributed by atoms with Gasteiger partial charge in [0.2, 0.25) is 0 Å². The summed E-state index contributed by atoms with van der Waals surface area (Å²) in [4.78, 5) is 7.19. The van der Waals surface area contributed by atoms with Crippen molar-refractivity contribution in [2.75, 3.05) is 13.7 Å². The molecule has 0 aliphatic carbocycles. The fourth-order valence-electron chi connectivity index (χ4n) is 3.92. The highest BCUT2D eigenvalue weighted by atomic mass is 16.5. The van der Waals surface area contributed by atoms with Gasteiger partial charge in [-0.25, -0.2) is 0 Å². The molecule has 3 heterocycles. The number of ether oxygens (including phenoxy) is 1. The molecule has 0 saturated carbocycles. The Morgan fingerprint density at radius 3 is 2.75 bits per heavy atom. The first kappa shape index (κ1) is 18.7. The van der Waals surface area contributed by atoms with Gasteiger partial charge in [-0.2, -0.15) is 0 Å². The molecule has 1 fully saturated rings. The van der Waals surface area contributed by atoms with E-state index in [9.17, 15) is 0 Å². The Balaban J connectivity index is 1.56. The minimum atomic E-state index is 0.240. The third kappa shape index (κ3) is 4.25. The van der Waals surface area contributed by atoms with Crippen molar-refractivity contribution in [2.24, 2.45) is 0 Å². The van der Waals surface area contributed by atoms with Crippen molar-refractivity contribution >= 4 is 0 Å². The van der Waals surface area contributed by atoms with Gasteiger partial charge in [0.05, 0.1) is 18.8 Å². The molecule has 1 aliphatic rings. The molecule has 0 radical (unpaired) electrons. The maximum atomic E-state index is 5.82. The zero-order chi connectivity index (χ0) is 19.3. The summed E-state index contributed by atoms with van der Waals surface area (Å²) in [7, 11) is 1.67. The average molecular weight is 377 g/mol. The Morgan fingerprint density at radius 2 is 1.96 bits per heavy atom. The lowest BCUT2D eigenvalue weighted by Crippen LogP contribution is -2.28. The van der Waals surface area contributed by atoms with Crippen LogP contribution in [0.3, 0.4) is 0 Å². The Hall–Kier alpha value is -2.66. The predicted octanol–water partition coefficient (Wildman–Crippen LogP) is 5.17. The molecule has 1 aliphatic heterocycles. The molecule has 146 valence electrons. The smallest absolute Gasteiger partial charge is 0.154 e.